The average Bonchev–Trinajstić information content (AvgIpc) is 2.40. The fraction of sp³-hybridized carbons (Fsp3) is 0.833. The molecule has 0 bridgehead atoms. The first kappa shape index (κ1) is 13.3. The summed E-state index contributed by atoms with van der Waals surface area (Å²) in [5.74, 6) is -1.24. The Morgan fingerprint density at radius 1 is 1.28 bits per heavy atom. The van der Waals surface area contributed by atoms with Crippen LogP contribution in [0.4, 0.5) is 0 Å². The van der Waals surface area contributed by atoms with Gasteiger partial charge in [-0.2, -0.15) is 0 Å². The number of carbonyl (C=O) groups excluding carboxylic acids is 1. The van der Waals surface area contributed by atoms with Crippen molar-refractivity contribution in [2.75, 3.05) is 19.7 Å². The summed E-state index contributed by atoms with van der Waals surface area (Å²) in [4.78, 5) is 23.5. The Balaban J connectivity index is 1.99. The molecule has 2 aliphatic rings. The molecule has 6 nitrogen and oxygen atoms in total. The Morgan fingerprint density at radius 3 is 2.56 bits per heavy atom. The van der Waals surface area contributed by atoms with E-state index in [2.05, 4.69) is 10.6 Å². The van der Waals surface area contributed by atoms with Crippen LogP contribution < -0.4 is 10.6 Å². The number of morpholine rings is 1. The Kier molecular flexibility index (Phi) is 4.19. The van der Waals surface area contributed by atoms with Gasteiger partial charge in [-0.1, -0.05) is 19.3 Å². The fourth-order valence-electron chi connectivity index (χ4n) is 2.60. The predicted octanol–water partition coefficient (Wildman–Crippen LogP) is -0.122. The Hall–Kier alpha value is -1.14. The highest BCUT2D eigenvalue weighted by Crippen LogP contribution is 2.28. The number of hydrogen-bond acceptors (Lipinski definition) is 4. The summed E-state index contributed by atoms with van der Waals surface area (Å²) in [6.07, 6.45) is 3.17. The molecule has 3 N–H and O–H groups in total. The van der Waals surface area contributed by atoms with Gasteiger partial charge in [0.05, 0.1) is 6.61 Å². The largest absolute Gasteiger partial charge is 0.480 e. The van der Waals surface area contributed by atoms with Crippen molar-refractivity contribution in [1.29, 1.82) is 0 Å². The van der Waals surface area contributed by atoms with E-state index in [1.165, 1.54) is 0 Å². The summed E-state index contributed by atoms with van der Waals surface area (Å²) in [7, 11) is 0. The molecule has 1 heterocycles. The van der Waals surface area contributed by atoms with E-state index in [0.717, 1.165) is 25.8 Å². The minimum Gasteiger partial charge on any atom is -0.480 e. The normalized spacial score (nSPS) is 27.4. The average molecular weight is 256 g/mol. The van der Waals surface area contributed by atoms with Crippen LogP contribution in [-0.4, -0.2) is 48.3 Å². The topological polar surface area (TPSA) is 87.7 Å². The van der Waals surface area contributed by atoms with Gasteiger partial charge in [0.2, 0.25) is 0 Å². The van der Waals surface area contributed by atoms with Crippen LogP contribution in [0.5, 0.6) is 0 Å². The lowest BCUT2D eigenvalue weighted by atomic mass is 9.81. The number of ether oxygens (including phenoxy) is 1. The van der Waals surface area contributed by atoms with E-state index in [9.17, 15) is 14.7 Å². The second-order valence-corrected chi connectivity index (χ2v) is 5.00. The van der Waals surface area contributed by atoms with Gasteiger partial charge in [0.25, 0.3) is 5.91 Å². The molecule has 0 aromatic carbocycles. The summed E-state index contributed by atoms with van der Waals surface area (Å²) >= 11 is 0. The van der Waals surface area contributed by atoms with E-state index in [1.54, 1.807) is 0 Å². The predicted molar refractivity (Wildman–Crippen MR) is 64.2 cm³/mol. The standard InChI is InChI=1S/C12H20N2O4/c15-10(9-8-13-6-7-18-9)14-12(11(16)17)4-2-1-3-5-12/h9,13H,1-8H2,(H,14,15)(H,16,17). The molecule has 1 amide bonds. The molecule has 2 fully saturated rings. The number of carboxylic acids is 1. The lowest BCUT2D eigenvalue weighted by Crippen LogP contribution is -2.60. The van der Waals surface area contributed by atoms with E-state index < -0.39 is 17.6 Å². The van der Waals surface area contributed by atoms with Crippen LogP contribution in [0, 0.1) is 0 Å². The molecule has 1 aliphatic heterocycles. The highest BCUT2D eigenvalue weighted by molar-refractivity contribution is 5.89. The zero-order chi connectivity index (χ0) is 13.0. The van der Waals surface area contributed by atoms with E-state index in [-0.39, 0.29) is 5.91 Å². The smallest absolute Gasteiger partial charge is 0.329 e. The molecule has 0 aromatic rings. The van der Waals surface area contributed by atoms with Gasteiger partial charge in [0.15, 0.2) is 0 Å². The number of hydrogen-bond donors (Lipinski definition) is 3. The van der Waals surface area contributed by atoms with Crippen LogP contribution in [-0.2, 0) is 14.3 Å². The lowest BCUT2D eigenvalue weighted by molar-refractivity contribution is -0.152. The van der Waals surface area contributed by atoms with Crippen molar-refractivity contribution in [3.05, 3.63) is 0 Å². The molecule has 1 aliphatic carbocycles. The zero-order valence-electron chi connectivity index (χ0n) is 10.4. The summed E-state index contributed by atoms with van der Waals surface area (Å²) in [5, 5.41) is 15.1. The van der Waals surface area contributed by atoms with Crippen molar-refractivity contribution in [1.82, 2.24) is 10.6 Å². The first-order valence-electron chi connectivity index (χ1n) is 6.52. The second kappa shape index (κ2) is 5.67. The van der Waals surface area contributed by atoms with Gasteiger partial charge in [0, 0.05) is 13.1 Å². The van der Waals surface area contributed by atoms with Gasteiger partial charge in [-0.05, 0) is 12.8 Å². The van der Waals surface area contributed by atoms with Crippen molar-refractivity contribution in [2.45, 2.75) is 43.7 Å². The lowest BCUT2D eigenvalue weighted by Gasteiger charge is -2.35. The number of carboxylic acid groups (broad SMARTS) is 1. The summed E-state index contributed by atoms with van der Waals surface area (Å²) in [5.41, 5.74) is -1.09. The highest BCUT2D eigenvalue weighted by atomic mass is 16.5. The minimum atomic E-state index is -1.09. The van der Waals surface area contributed by atoms with E-state index in [4.69, 9.17) is 4.74 Å². The van der Waals surface area contributed by atoms with Crippen LogP contribution in [0.2, 0.25) is 0 Å². The molecule has 1 atom stereocenters. The quantitative estimate of drug-likeness (QED) is 0.655. The van der Waals surface area contributed by atoms with Crippen LogP contribution in [0.1, 0.15) is 32.1 Å². The SMILES string of the molecule is O=C(NC1(C(=O)O)CCCCC1)C1CNCCO1. The van der Waals surface area contributed by atoms with Crippen LogP contribution in [0.3, 0.4) is 0 Å². The fourth-order valence-corrected chi connectivity index (χ4v) is 2.60. The second-order valence-electron chi connectivity index (χ2n) is 5.00. The molecular formula is C12H20N2O4. The van der Waals surface area contributed by atoms with E-state index in [0.29, 0.717) is 26.0 Å². The Morgan fingerprint density at radius 2 is 2.00 bits per heavy atom. The third-order valence-electron chi connectivity index (χ3n) is 3.70. The maximum atomic E-state index is 12.0. The monoisotopic (exact) mass is 256 g/mol. The number of carbonyl (C=O) groups is 2. The van der Waals surface area contributed by atoms with Gasteiger partial charge in [-0.25, -0.2) is 4.79 Å². The first-order chi connectivity index (χ1) is 8.64. The van der Waals surface area contributed by atoms with Crippen LogP contribution in [0.15, 0.2) is 0 Å². The third kappa shape index (κ3) is 2.81. The molecule has 102 valence electrons. The van der Waals surface area contributed by atoms with Crippen molar-refractivity contribution >= 4 is 11.9 Å². The van der Waals surface area contributed by atoms with Gasteiger partial charge >= 0.3 is 5.97 Å². The number of amides is 1. The molecule has 1 saturated carbocycles. The van der Waals surface area contributed by atoms with Crippen LogP contribution >= 0.6 is 0 Å². The zero-order valence-corrected chi connectivity index (χ0v) is 10.4. The molecule has 2 rings (SSSR count). The van der Waals surface area contributed by atoms with Gasteiger partial charge in [-0.15, -0.1) is 0 Å². The van der Waals surface area contributed by atoms with Crippen molar-refractivity contribution in [3.8, 4) is 0 Å². The van der Waals surface area contributed by atoms with Crippen molar-refractivity contribution in [2.24, 2.45) is 0 Å². The Bertz CT molecular complexity index is 320. The Labute approximate surface area is 106 Å². The minimum absolute atomic E-state index is 0.313. The van der Waals surface area contributed by atoms with Gasteiger partial charge < -0.3 is 20.5 Å². The number of nitrogens with one attached hydrogen (secondary N) is 2. The van der Waals surface area contributed by atoms with Gasteiger partial charge in [0.1, 0.15) is 11.6 Å². The molecule has 0 radical (unpaired) electrons. The number of aliphatic carboxylic acids is 1. The van der Waals surface area contributed by atoms with Gasteiger partial charge in [-0.3, -0.25) is 4.79 Å². The van der Waals surface area contributed by atoms with E-state index >= 15 is 0 Å². The van der Waals surface area contributed by atoms with Crippen molar-refractivity contribution in [3.63, 3.8) is 0 Å². The molecule has 1 saturated heterocycles. The first-order valence-corrected chi connectivity index (χ1v) is 6.52. The molecule has 1 unspecified atom stereocenters. The highest BCUT2D eigenvalue weighted by Gasteiger charge is 2.42. The molecule has 0 spiro atoms. The van der Waals surface area contributed by atoms with Crippen molar-refractivity contribution < 1.29 is 19.4 Å². The van der Waals surface area contributed by atoms with Crippen LogP contribution in [0.25, 0.3) is 0 Å². The maximum Gasteiger partial charge on any atom is 0.329 e. The third-order valence-corrected chi connectivity index (χ3v) is 3.70. The summed E-state index contributed by atoms with van der Waals surface area (Å²) < 4.78 is 5.34. The van der Waals surface area contributed by atoms with E-state index in [1.807, 2.05) is 0 Å². The number of rotatable bonds is 3. The summed E-state index contributed by atoms with van der Waals surface area (Å²) in [6, 6.07) is 0. The molecule has 6 heteroatoms. The molecule has 0 aromatic heterocycles. The molecule has 18 heavy (non-hydrogen) atoms. The maximum absolute atomic E-state index is 12.0. The summed E-state index contributed by atoms with van der Waals surface area (Å²) in [6.45, 7) is 1.66. The molecular weight excluding hydrogens is 236 g/mol.